The Balaban J connectivity index is 5.12. The molecule has 0 bridgehead atoms. The molecule has 2 amide bonds. The second-order valence-corrected chi connectivity index (χ2v) is 6.55. The van der Waals surface area contributed by atoms with E-state index in [0.29, 0.717) is 6.42 Å². The minimum Gasteiger partial charge on any atom is -0.478 e. The number of nitrogens with zero attached hydrogens (tertiary/aromatic N) is 1. The summed E-state index contributed by atoms with van der Waals surface area (Å²) in [5.74, 6) is -2.38. The predicted molar refractivity (Wildman–Crippen MR) is 78.8 cm³/mol. The Labute approximate surface area is 130 Å². The molecule has 8 heteroatoms. The molecule has 0 aromatic rings. The summed E-state index contributed by atoms with van der Waals surface area (Å²) in [6.45, 7) is 8.52. The second kappa shape index (κ2) is 8.09. The third-order valence-corrected chi connectivity index (χ3v) is 2.54. The van der Waals surface area contributed by atoms with Crippen LogP contribution in [0.1, 0.15) is 47.5 Å². The minimum absolute atomic E-state index is 0.188. The van der Waals surface area contributed by atoms with E-state index in [-0.39, 0.29) is 17.2 Å². The summed E-state index contributed by atoms with van der Waals surface area (Å²) < 4.78 is 4.96. The monoisotopic (exact) mass is 318 g/mol. The van der Waals surface area contributed by atoms with Crippen LogP contribution in [-0.4, -0.2) is 51.0 Å². The number of carboxylic acids is 1. The van der Waals surface area contributed by atoms with Crippen LogP contribution >= 0.6 is 0 Å². The highest BCUT2D eigenvalue weighted by atomic mass is 16.6. The van der Waals surface area contributed by atoms with Gasteiger partial charge in [-0.3, -0.25) is 4.79 Å². The maximum atomic E-state index is 12.1. The van der Waals surface area contributed by atoms with Gasteiger partial charge in [-0.05, 0) is 33.1 Å². The van der Waals surface area contributed by atoms with E-state index in [2.05, 4.69) is 0 Å². The number of aliphatic carboxylic acids is 1. The molecule has 0 fully saturated rings. The van der Waals surface area contributed by atoms with Crippen molar-refractivity contribution < 1.29 is 29.3 Å². The molecule has 2 atom stereocenters. The second-order valence-electron chi connectivity index (χ2n) is 6.55. The Kier molecular flexibility index (Phi) is 7.48. The van der Waals surface area contributed by atoms with Crippen LogP contribution in [-0.2, 0) is 14.3 Å². The maximum Gasteiger partial charge on any atom is 0.419 e. The van der Waals surface area contributed by atoms with E-state index in [1.54, 1.807) is 20.8 Å². The summed E-state index contributed by atoms with van der Waals surface area (Å²) in [4.78, 5) is 35.2. The molecule has 0 radical (unpaired) electrons. The Morgan fingerprint density at radius 2 is 1.73 bits per heavy atom. The van der Waals surface area contributed by atoms with Gasteiger partial charge >= 0.3 is 12.1 Å². The first-order valence-electron chi connectivity index (χ1n) is 7.06. The van der Waals surface area contributed by atoms with Gasteiger partial charge in [-0.25, -0.2) is 14.5 Å². The number of carbonyl (C=O) groups is 3. The maximum absolute atomic E-state index is 12.1. The van der Waals surface area contributed by atoms with Gasteiger partial charge in [0, 0.05) is 12.5 Å². The topological polar surface area (TPSA) is 130 Å². The van der Waals surface area contributed by atoms with Crippen LogP contribution in [0.15, 0.2) is 0 Å². The highest BCUT2D eigenvalue weighted by Gasteiger charge is 2.36. The standard InChI is InChI=1S/C14H26N2O6/c1-8(2)6-9(15)7-10(17)16(11(18)12(19)20)13(21)22-14(3,4)5/h8-9,11,18H,6-7,15H2,1-5H3,(H,19,20). The molecule has 128 valence electrons. The van der Waals surface area contributed by atoms with Crippen LogP contribution in [0.5, 0.6) is 0 Å². The largest absolute Gasteiger partial charge is 0.478 e. The van der Waals surface area contributed by atoms with Gasteiger partial charge < -0.3 is 20.7 Å². The van der Waals surface area contributed by atoms with Crippen LogP contribution in [0.25, 0.3) is 0 Å². The Morgan fingerprint density at radius 3 is 2.09 bits per heavy atom. The van der Waals surface area contributed by atoms with Crippen molar-refractivity contribution in [2.45, 2.75) is 65.3 Å². The molecule has 0 aromatic carbocycles. The smallest absolute Gasteiger partial charge is 0.419 e. The van der Waals surface area contributed by atoms with Crippen molar-refractivity contribution in [3.8, 4) is 0 Å². The third kappa shape index (κ3) is 7.37. The molecule has 0 aliphatic heterocycles. The van der Waals surface area contributed by atoms with Gasteiger partial charge in [-0.1, -0.05) is 13.8 Å². The average Bonchev–Trinajstić information content (AvgIpc) is 2.24. The SMILES string of the molecule is CC(C)CC(N)CC(=O)N(C(=O)OC(C)(C)C)C(O)C(=O)O. The van der Waals surface area contributed by atoms with Gasteiger partial charge in [0.05, 0.1) is 0 Å². The quantitative estimate of drug-likeness (QED) is 0.621. The zero-order chi connectivity index (χ0) is 17.7. The number of hydrogen-bond acceptors (Lipinski definition) is 6. The number of hydrogen-bond donors (Lipinski definition) is 3. The lowest BCUT2D eigenvalue weighted by Gasteiger charge is -2.28. The van der Waals surface area contributed by atoms with Crippen LogP contribution in [0, 0.1) is 5.92 Å². The molecule has 0 spiro atoms. The molecule has 22 heavy (non-hydrogen) atoms. The van der Waals surface area contributed by atoms with Crippen molar-refractivity contribution in [2.24, 2.45) is 11.7 Å². The van der Waals surface area contributed by atoms with E-state index in [0.717, 1.165) is 0 Å². The molecule has 4 N–H and O–H groups in total. The van der Waals surface area contributed by atoms with Gasteiger partial charge in [0.1, 0.15) is 5.60 Å². The molecule has 0 aliphatic carbocycles. The fraction of sp³-hybridized carbons (Fsp3) is 0.786. The third-order valence-electron chi connectivity index (χ3n) is 2.54. The summed E-state index contributed by atoms with van der Waals surface area (Å²) in [6.07, 6.45) is -3.27. The minimum atomic E-state index is -2.31. The van der Waals surface area contributed by atoms with Crippen LogP contribution in [0.3, 0.4) is 0 Å². The molecule has 0 saturated carbocycles. The van der Waals surface area contributed by atoms with Crippen molar-refractivity contribution in [3.63, 3.8) is 0 Å². The lowest BCUT2D eigenvalue weighted by molar-refractivity contribution is -0.163. The van der Waals surface area contributed by atoms with Crippen molar-refractivity contribution in [2.75, 3.05) is 0 Å². The number of carbonyl (C=O) groups excluding carboxylic acids is 2. The predicted octanol–water partition coefficient (Wildman–Crippen LogP) is 0.917. The lowest BCUT2D eigenvalue weighted by Crippen LogP contribution is -2.51. The summed E-state index contributed by atoms with van der Waals surface area (Å²) in [5.41, 5.74) is 4.85. The van der Waals surface area contributed by atoms with E-state index in [1.165, 1.54) is 0 Å². The molecule has 0 rings (SSSR count). The summed E-state index contributed by atoms with van der Waals surface area (Å²) >= 11 is 0. The van der Waals surface area contributed by atoms with Crippen molar-refractivity contribution >= 4 is 18.0 Å². The van der Waals surface area contributed by atoms with Gasteiger partial charge in [-0.2, -0.15) is 0 Å². The molecular weight excluding hydrogens is 292 g/mol. The number of carboxylic acid groups (broad SMARTS) is 1. The molecule has 0 heterocycles. The van der Waals surface area contributed by atoms with Crippen LogP contribution < -0.4 is 5.73 Å². The fourth-order valence-electron chi connectivity index (χ4n) is 1.77. The zero-order valence-electron chi connectivity index (χ0n) is 13.7. The molecular formula is C14H26N2O6. The fourth-order valence-corrected chi connectivity index (χ4v) is 1.77. The average molecular weight is 318 g/mol. The summed E-state index contributed by atoms with van der Waals surface area (Å²) in [7, 11) is 0. The molecule has 0 saturated heterocycles. The van der Waals surface area contributed by atoms with Gasteiger partial charge in [0.2, 0.25) is 12.1 Å². The normalized spacial score (nSPS) is 14.4. The van der Waals surface area contributed by atoms with Gasteiger partial charge in [-0.15, -0.1) is 0 Å². The highest BCUT2D eigenvalue weighted by molar-refractivity contribution is 5.96. The van der Waals surface area contributed by atoms with E-state index >= 15 is 0 Å². The van der Waals surface area contributed by atoms with E-state index < -0.39 is 35.8 Å². The molecule has 2 unspecified atom stereocenters. The van der Waals surface area contributed by atoms with Crippen molar-refractivity contribution in [3.05, 3.63) is 0 Å². The van der Waals surface area contributed by atoms with Gasteiger partial charge in [0.15, 0.2) is 0 Å². The van der Waals surface area contributed by atoms with Crippen LogP contribution in [0.2, 0.25) is 0 Å². The van der Waals surface area contributed by atoms with E-state index in [9.17, 15) is 19.5 Å². The first-order chi connectivity index (χ1) is 9.85. The van der Waals surface area contributed by atoms with Crippen molar-refractivity contribution in [1.82, 2.24) is 4.90 Å². The lowest BCUT2D eigenvalue weighted by atomic mass is 10.0. The van der Waals surface area contributed by atoms with Crippen LogP contribution in [0.4, 0.5) is 4.79 Å². The first-order valence-corrected chi connectivity index (χ1v) is 7.06. The Bertz CT molecular complexity index is 416. The number of aliphatic hydroxyl groups excluding tert-OH is 1. The molecule has 0 aliphatic rings. The number of nitrogens with two attached hydrogens (primary N) is 1. The summed E-state index contributed by atoms with van der Waals surface area (Å²) in [6, 6.07) is -0.543. The van der Waals surface area contributed by atoms with Gasteiger partial charge in [0.25, 0.3) is 0 Å². The number of rotatable bonds is 6. The zero-order valence-corrected chi connectivity index (χ0v) is 13.7. The number of aliphatic hydroxyl groups is 1. The number of imide groups is 1. The highest BCUT2D eigenvalue weighted by Crippen LogP contribution is 2.14. The Hall–Kier alpha value is -1.67. The number of ether oxygens (including phenoxy) is 1. The molecule has 0 aromatic heterocycles. The summed E-state index contributed by atoms with van der Waals surface area (Å²) in [5, 5.41) is 18.4. The van der Waals surface area contributed by atoms with E-state index in [1.807, 2.05) is 13.8 Å². The van der Waals surface area contributed by atoms with Crippen molar-refractivity contribution in [1.29, 1.82) is 0 Å². The number of amides is 2. The van der Waals surface area contributed by atoms with E-state index in [4.69, 9.17) is 15.6 Å². The molecule has 8 nitrogen and oxygen atoms in total. The first kappa shape index (κ1) is 20.3. The Morgan fingerprint density at radius 1 is 1.23 bits per heavy atom.